The number of hydrogen-bond donors (Lipinski definition) is 2. The lowest BCUT2D eigenvalue weighted by Crippen LogP contribution is -2.44. The zero-order chi connectivity index (χ0) is 10.6. The topological polar surface area (TPSA) is 32.3 Å². The minimum absolute atomic E-state index is 0.0858. The van der Waals surface area contributed by atoms with Crippen LogP contribution in [0.1, 0.15) is 26.3 Å². The summed E-state index contributed by atoms with van der Waals surface area (Å²) in [5.41, 5.74) is 0.568. The quantitative estimate of drug-likeness (QED) is 0.766. The fourth-order valence-corrected chi connectivity index (χ4v) is 1.12. The summed E-state index contributed by atoms with van der Waals surface area (Å²) in [7, 11) is 0. The Labute approximate surface area is 86.0 Å². The molecular formula is C12H19NO. The molecule has 0 fully saturated rings. The predicted molar refractivity (Wildman–Crippen MR) is 59.0 cm³/mol. The van der Waals surface area contributed by atoms with E-state index in [1.54, 1.807) is 0 Å². The fourth-order valence-electron chi connectivity index (χ4n) is 1.12. The van der Waals surface area contributed by atoms with Gasteiger partial charge in [0.25, 0.3) is 0 Å². The Hall–Kier alpha value is -0.860. The van der Waals surface area contributed by atoms with E-state index < -0.39 is 5.60 Å². The number of nitrogens with one attached hydrogen (secondary N) is 1. The maximum atomic E-state index is 9.70. The Kier molecular flexibility index (Phi) is 3.67. The molecule has 2 N–H and O–H groups in total. The zero-order valence-corrected chi connectivity index (χ0v) is 9.12. The largest absolute Gasteiger partial charge is 0.389 e. The minimum Gasteiger partial charge on any atom is -0.389 e. The van der Waals surface area contributed by atoms with Gasteiger partial charge in [-0.2, -0.15) is 0 Å². The number of aliphatic hydroxyl groups is 1. The molecule has 2 nitrogen and oxygen atoms in total. The van der Waals surface area contributed by atoms with E-state index in [0.717, 1.165) is 6.54 Å². The standard InChI is InChI=1S/C12H19NO/c1-10(12(2,3)14)13-9-11-7-5-4-6-8-11/h4-8,10,13-14H,9H2,1-3H3/t10-/m1/s1. The van der Waals surface area contributed by atoms with Crippen LogP contribution in [0.3, 0.4) is 0 Å². The lowest BCUT2D eigenvalue weighted by atomic mass is 10.0. The van der Waals surface area contributed by atoms with E-state index in [9.17, 15) is 5.11 Å². The molecule has 1 aromatic rings. The van der Waals surface area contributed by atoms with E-state index in [1.807, 2.05) is 39.0 Å². The average molecular weight is 193 g/mol. The van der Waals surface area contributed by atoms with Crippen LogP contribution in [0.25, 0.3) is 0 Å². The smallest absolute Gasteiger partial charge is 0.0741 e. The van der Waals surface area contributed by atoms with Crippen molar-refractivity contribution < 1.29 is 5.11 Å². The van der Waals surface area contributed by atoms with Crippen molar-refractivity contribution >= 4 is 0 Å². The number of benzene rings is 1. The van der Waals surface area contributed by atoms with Crippen molar-refractivity contribution in [2.24, 2.45) is 0 Å². The maximum absolute atomic E-state index is 9.70. The predicted octanol–water partition coefficient (Wildman–Crippen LogP) is 1.94. The molecule has 0 heterocycles. The van der Waals surface area contributed by atoms with Gasteiger partial charge in [0.2, 0.25) is 0 Å². The van der Waals surface area contributed by atoms with Crippen molar-refractivity contribution in [3.63, 3.8) is 0 Å². The lowest BCUT2D eigenvalue weighted by Gasteiger charge is -2.26. The van der Waals surface area contributed by atoms with Crippen LogP contribution in [-0.4, -0.2) is 16.7 Å². The van der Waals surface area contributed by atoms with Gasteiger partial charge in [-0.1, -0.05) is 30.3 Å². The van der Waals surface area contributed by atoms with Gasteiger partial charge in [0.05, 0.1) is 5.60 Å². The van der Waals surface area contributed by atoms with E-state index in [0.29, 0.717) is 0 Å². The monoisotopic (exact) mass is 193 g/mol. The third kappa shape index (κ3) is 3.48. The van der Waals surface area contributed by atoms with Gasteiger partial charge in [0.1, 0.15) is 0 Å². The molecule has 2 heteroatoms. The van der Waals surface area contributed by atoms with Crippen molar-refractivity contribution in [3.05, 3.63) is 35.9 Å². The summed E-state index contributed by atoms with van der Waals surface area (Å²) in [5.74, 6) is 0. The number of rotatable bonds is 4. The van der Waals surface area contributed by atoms with E-state index >= 15 is 0 Å². The van der Waals surface area contributed by atoms with Crippen molar-refractivity contribution in [2.45, 2.75) is 39.0 Å². The summed E-state index contributed by atoms with van der Waals surface area (Å²) in [5, 5.41) is 13.0. The summed E-state index contributed by atoms with van der Waals surface area (Å²) in [6, 6.07) is 10.3. The molecule has 0 aliphatic heterocycles. The molecule has 78 valence electrons. The maximum Gasteiger partial charge on any atom is 0.0741 e. The van der Waals surface area contributed by atoms with Crippen LogP contribution >= 0.6 is 0 Å². The molecule has 0 amide bonds. The van der Waals surface area contributed by atoms with Crippen LogP contribution in [0.4, 0.5) is 0 Å². The van der Waals surface area contributed by atoms with Crippen molar-refractivity contribution in [1.29, 1.82) is 0 Å². The van der Waals surface area contributed by atoms with Crippen LogP contribution in [0, 0.1) is 0 Å². The molecule has 0 aliphatic rings. The number of hydrogen-bond acceptors (Lipinski definition) is 2. The first-order valence-electron chi connectivity index (χ1n) is 5.00. The molecule has 0 aromatic heterocycles. The Morgan fingerprint density at radius 1 is 1.29 bits per heavy atom. The van der Waals surface area contributed by atoms with Crippen molar-refractivity contribution in [1.82, 2.24) is 5.32 Å². The fraction of sp³-hybridized carbons (Fsp3) is 0.500. The molecule has 0 unspecified atom stereocenters. The second-order valence-corrected chi connectivity index (χ2v) is 4.24. The molecular weight excluding hydrogens is 174 g/mol. The van der Waals surface area contributed by atoms with Crippen LogP contribution in [0.15, 0.2) is 30.3 Å². The average Bonchev–Trinajstić information content (AvgIpc) is 2.14. The molecule has 1 rings (SSSR count). The van der Waals surface area contributed by atoms with E-state index in [2.05, 4.69) is 17.4 Å². The van der Waals surface area contributed by atoms with Gasteiger partial charge >= 0.3 is 0 Å². The highest BCUT2D eigenvalue weighted by Crippen LogP contribution is 2.08. The molecule has 14 heavy (non-hydrogen) atoms. The summed E-state index contributed by atoms with van der Waals surface area (Å²) >= 11 is 0. The molecule has 0 radical (unpaired) electrons. The van der Waals surface area contributed by atoms with Crippen molar-refractivity contribution in [2.75, 3.05) is 0 Å². The SMILES string of the molecule is C[C@@H](NCc1ccccc1)C(C)(C)O. The highest BCUT2D eigenvalue weighted by atomic mass is 16.3. The third-order valence-electron chi connectivity index (χ3n) is 2.51. The zero-order valence-electron chi connectivity index (χ0n) is 9.12. The molecule has 0 bridgehead atoms. The van der Waals surface area contributed by atoms with Gasteiger partial charge in [-0.3, -0.25) is 0 Å². The molecule has 0 saturated carbocycles. The van der Waals surface area contributed by atoms with Gasteiger partial charge < -0.3 is 10.4 Å². The molecule has 0 spiro atoms. The summed E-state index contributed by atoms with van der Waals surface area (Å²) in [6.07, 6.45) is 0. The Morgan fingerprint density at radius 3 is 2.36 bits per heavy atom. The first kappa shape index (κ1) is 11.2. The lowest BCUT2D eigenvalue weighted by molar-refractivity contribution is 0.0437. The molecule has 1 aromatic carbocycles. The third-order valence-corrected chi connectivity index (χ3v) is 2.51. The van der Waals surface area contributed by atoms with E-state index in [1.165, 1.54) is 5.56 Å². The second kappa shape index (κ2) is 4.58. The van der Waals surface area contributed by atoms with Crippen LogP contribution in [0.5, 0.6) is 0 Å². The van der Waals surface area contributed by atoms with Crippen molar-refractivity contribution in [3.8, 4) is 0 Å². The first-order chi connectivity index (χ1) is 6.50. The first-order valence-corrected chi connectivity index (χ1v) is 5.00. The highest BCUT2D eigenvalue weighted by Gasteiger charge is 2.21. The van der Waals surface area contributed by atoms with Crippen LogP contribution in [0.2, 0.25) is 0 Å². The highest BCUT2D eigenvalue weighted by molar-refractivity contribution is 5.14. The van der Waals surface area contributed by atoms with Gasteiger partial charge in [-0.05, 0) is 26.3 Å². The van der Waals surface area contributed by atoms with Gasteiger partial charge in [0.15, 0.2) is 0 Å². The summed E-state index contributed by atoms with van der Waals surface area (Å²) in [4.78, 5) is 0. The Bertz CT molecular complexity index is 263. The Morgan fingerprint density at radius 2 is 1.86 bits per heavy atom. The van der Waals surface area contributed by atoms with Gasteiger partial charge in [0, 0.05) is 12.6 Å². The molecule has 0 aliphatic carbocycles. The van der Waals surface area contributed by atoms with Gasteiger partial charge in [-0.15, -0.1) is 0 Å². The second-order valence-electron chi connectivity index (χ2n) is 4.24. The van der Waals surface area contributed by atoms with E-state index in [4.69, 9.17) is 0 Å². The van der Waals surface area contributed by atoms with Crippen LogP contribution < -0.4 is 5.32 Å². The van der Waals surface area contributed by atoms with Crippen LogP contribution in [-0.2, 0) is 6.54 Å². The molecule has 1 atom stereocenters. The van der Waals surface area contributed by atoms with Gasteiger partial charge in [-0.25, -0.2) is 0 Å². The summed E-state index contributed by atoms with van der Waals surface area (Å²) < 4.78 is 0. The van der Waals surface area contributed by atoms with E-state index in [-0.39, 0.29) is 6.04 Å². The summed E-state index contributed by atoms with van der Waals surface area (Å²) in [6.45, 7) is 6.42. The molecule has 0 saturated heterocycles. The Balaban J connectivity index is 2.42. The normalized spacial score (nSPS) is 14.0. The minimum atomic E-state index is -0.672.